The van der Waals surface area contributed by atoms with Gasteiger partial charge in [-0.05, 0) is 71.7 Å². The van der Waals surface area contributed by atoms with Crippen LogP contribution in [-0.2, 0) is 30.5 Å². The lowest BCUT2D eigenvalue weighted by molar-refractivity contribution is -0.145. The van der Waals surface area contributed by atoms with E-state index in [1.807, 2.05) is 42.5 Å². The van der Waals surface area contributed by atoms with E-state index in [1.54, 1.807) is 48.5 Å². The lowest BCUT2D eigenvalue weighted by atomic mass is 10.0. The van der Waals surface area contributed by atoms with Crippen molar-refractivity contribution in [2.75, 3.05) is 13.7 Å². The summed E-state index contributed by atoms with van der Waals surface area (Å²) in [5, 5.41) is 24.0. The minimum absolute atomic E-state index is 0.0353. The van der Waals surface area contributed by atoms with Crippen molar-refractivity contribution in [1.29, 1.82) is 10.5 Å². The van der Waals surface area contributed by atoms with Gasteiger partial charge in [0.25, 0.3) is 5.91 Å². The predicted molar refractivity (Wildman–Crippen MR) is 184 cm³/mol. The lowest BCUT2D eigenvalue weighted by Gasteiger charge is -2.20. The number of amides is 2. The molecule has 0 aliphatic carbocycles. The highest BCUT2D eigenvalue weighted by molar-refractivity contribution is 5.98. The van der Waals surface area contributed by atoms with Crippen molar-refractivity contribution >= 4 is 29.8 Å². The highest BCUT2D eigenvalue weighted by atomic mass is 16.5. The van der Waals surface area contributed by atoms with Gasteiger partial charge in [-0.15, -0.1) is 0 Å². The highest BCUT2D eigenvalue weighted by Gasteiger charge is 2.20. The fourth-order valence-corrected chi connectivity index (χ4v) is 4.79. The number of benzene rings is 4. The van der Waals surface area contributed by atoms with Crippen LogP contribution in [0.5, 0.6) is 5.75 Å². The fourth-order valence-electron chi connectivity index (χ4n) is 4.79. The highest BCUT2D eigenvalue weighted by Crippen LogP contribution is 2.25. The van der Waals surface area contributed by atoms with Crippen LogP contribution in [0, 0.1) is 22.7 Å². The third-order valence-electron chi connectivity index (χ3n) is 7.35. The zero-order valence-electron chi connectivity index (χ0n) is 27.5. The summed E-state index contributed by atoms with van der Waals surface area (Å²) in [4.78, 5) is 50.4. The number of nitrogens with zero attached hydrogens (tertiary/aromatic N) is 2. The van der Waals surface area contributed by atoms with Crippen molar-refractivity contribution in [2.45, 2.75) is 32.4 Å². The SMILES string of the molecule is COC(=O)C(=Cc1ccc(C#N)cc1OC[C@@H](CCC(=O)OCc1ccccc1)NC(=O)c1cccc(-c2ccc(C#N)cc2)c1)NC(C)=O. The third-order valence-corrected chi connectivity index (χ3v) is 7.35. The molecule has 4 rings (SSSR count). The van der Waals surface area contributed by atoms with Crippen LogP contribution in [-0.4, -0.2) is 43.5 Å². The van der Waals surface area contributed by atoms with Crippen molar-refractivity contribution in [2.24, 2.45) is 0 Å². The Kier molecular flexibility index (Phi) is 13.0. The molecule has 0 aliphatic heterocycles. The summed E-state index contributed by atoms with van der Waals surface area (Å²) in [5.41, 5.74) is 3.76. The smallest absolute Gasteiger partial charge is 0.354 e. The van der Waals surface area contributed by atoms with E-state index in [1.165, 1.54) is 32.2 Å². The molecule has 252 valence electrons. The molecule has 50 heavy (non-hydrogen) atoms. The molecule has 0 saturated carbocycles. The Morgan fingerprint density at radius 2 is 1.56 bits per heavy atom. The molecule has 11 nitrogen and oxygen atoms in total. The number of carbonyl (C=O) groups excluding carboxylic acids is 4. The van der Waals surface area contributed by atoms with E-state index in [2.05, 4.69) is 16.7 Å². The second-order valence-corrected chi connectivity index (χ2v) is 11.0. The summed E-state index contributed by atoms with van der Waals surface area (Å²) in [5.74, 6) is -1.99. The topological polar surface area (TPSA) is 168 Å². The van der Waals surface area contributed by atoms with E-state index >= 15 is 0 Å². The Hall–Kier alpha value is -6.72. The number of methoxy groups -OCH3 is 1. The van der Waals surface area contributed by atoms with Gasteiger partial charge in [-0.25, -0.2) is 4.79 Å². The molecule has 0 aromatic heterocycles. The van der Waals surface area contributed by atoms with Gasteiger partial charge >= 0.3 is 11.9 Å². The second kappa shape index (κ2) is 18.0. The first-order chi connectivity index (χ1) is 24.2. The van der Waals surface area contributed by atoms with E-state index < -0.39 is 29.8 Å². The quantitative estimate of drug-likeness (QED) is 0.131. The van der Waals surface area contributed by atoms with Crippen molar-refractivity contribution in [3.8, 4) is 29.0 Å². The maximum Gasteiger partial charge on any atom is 0.354 e. The molecule has 11 heteroatoms. The van der Waals surface area contributed by atoms with Gasteiger partial charge in [0.2, 0.25) is 5.91 Å². The molecule has 0 heterocycles. The molecule has 0 fully saturated rings. The Morgan fingerprint density at radius 1 is 0.840 bits per heavy atom. The van der Waals surface area contributed by atoms with Crippen LogP contribution >= 0.6 is 0 Å². The van der Waals surface area contributed by atoms with Crippen LogP contribution in [0.1, 0.15) is 52.4 Å². The number of hydrogen-bond donors (Lipinski definition) is 2. The van der Waals surface area contributed by atoms with Gasteiger partial charge in [0, 0.05) is 24.5 Å². The molecule has 4 aromatic carbocycles. The maximum atomic E-state index is 13.6. The minimum Gasteiger partial charge on any atom is -0.491 e. The van der Waals surface area contributed by atoms with Crippen LogP contribution in [0.2, 0.25) is 0 Å². The van der Waals surface area contributed by atoms with E-state index in [4.69, 9.17) is 19.5 Å². The van der Waals surface area contributed by atoms with Crippen LogP contribution in [0.4, 0.5) is 0 Å². The molecule has 0 spiro atoms. The number of nitriles is 2. The number of esters is 2. The van der Waals surface area contributed by atoms with Gasteiger partial charge in [-0.2, -0.15) is 10.5 Å². The summed E-state index contributed by atoms with van der Waals surface area (Å²) in [7, 11) is 1.17. The van der Waals surface area contributed by atoms with Crippen molar-refractivity contribution < 1.29 is 33.4 Å². The molecule has 1 atom stereocenters. The van der Waals surface area contributed by atoms with Crippen LogP contribution in [0.25, 0.3) is 17.2 Å². The average molecular weight is 671 g/mol. The molecule has 2 N–H and O–H groups in total. The number of ether oxygens (including phenoxy) is 3. The first-order valence-corrected chi connectivity index (χ1v) is 15.5. The Balaban J connectivity index is 1.56. The minimum atomic E-state index is -0.794. The Morgan fingerprint density at radius 3 is 2.24 bits per heavy atom. The van der Waals surface area contributed by atoms with Crippen molar-refractivity contribution in [3.05, 3.63) is 131 Å². The summed E-state index contributed by atoms with van der Waals surface area (Å²) in [6.07, 6.45) is 1.47. The van der Waals surface area contributed by atoms with Crippen LogP contribution < -0.4 is 15.4 Å². The number of hydrogen-bond acceptors (Lipinski definition) is 9. The largest absolute Gasteiger partial charge is 0.491 e. The number of nitrogens with one attached hydrogen (secondary N) is 2. The van der Waals surface area contributed by atoms with Crippen LogP contribution in [0.15, 0.2) is 103 Å². The van der Waals surface area contributed by atoms with Crippen molar-refractivity contribution in [1.82, 2.24) is 10.6 Å². The number of rotatable bonds is 14. The molecule has 0 saturated heterocycles. The lowest BCUT2D eigenvalue weighted by Crippen LogP contribution is -2.39. The predicted octanol–water partition coefficient (Wildman–Crippen LogP) is 5.45. The normalized spacial score (nSPS) is 11.2. The molecule has 0 bridgehead atoms. The van der Waals surface area contributed by atoms with E-state index in [9.17, 15) is 24.4 Å². The molecule has 2 amide bonds. The zero-order valence-corrected chi connectivity index (χ0v) is 27.5. The summed E-state index contributed by atoms with van der Waals surface area (Å²) in [6.45, 7) is 1.21. The monoisotopic (exact) mass is 670 g/mol. The van der Waals surface area contributed by atoms with Gasteiger partial charge in [-0.1, -0.05) is 54.6 Å². The van der Waals surface area contributed by atoms with E-state index in [-0.39, 0.29) is 43.1 Å². The Bertz CT molecular complexity index is 1960. The van der Waals surface area contributed by atoms with Crippen LogP contribution in [0.3, 0.4) is 0 Å². The van der Waals surface area contributed by atoms with E-state index in [0.29, 0.717) is 16.7 Å². The summed E-state index contributed by atoms with van der Waals surface area (Å²) in [6, 6.07) is 31.1. The molecule has 0 unspecified atom stereocenters. The van der Waals surface area contributed by atoms with Gasteiger partial charge < -0.3 is 24.8 Å². The fraction of sp³-hybridized carbons (Fsp3) is 0.179. The first kappa shape index (κ1) is 36.1. The molecule has 0 aliphatic rings. The third kappa shape index (κ3) is 10.7. The second-order valence-electron chi connectivity index (χ2n) is 11.0. The first-order valence-electron chi connectivity index (χ1n) is 15.5. The molecule has 4 aromatic rings. The summed E-state index contributed by atoms with van der Waals surface area (Å²) < 4.78 is 16.3. The number of carbonyl (C=O) groups is 4. The Labute approximate surface area is 289 Å². The maximum absolute atomic E-state index is 13.6. The zero-order chi connectivity index (χ0) is 35.9. The summed E-state index contributed by atoms with van der Waals surface area (Å²) >= 11 is 0. The molecular weight excluding hydrogens is 636 g/mol. The van der Waals surface area contributed by atoms with Gasteiger partial charge in [-0.3, -0.25) is 14.4 Å². The van der Waals surface area contributed by atoms with Crippen molar-refractivity contribution in [3.63, 3.8) is 0 Å². The standard InChI is InChI=1S/C39H34N4O7/c1-26(44)42-35(39(47)48-2)21-32-16-13-29(23-41)19-36(32)49-25-34(17-18-37(45)50-24-28-7-4-3-5-8-28)43-38(46)33-10-6-9-31(20-33)30-14-11-27(22-40)12-15-30/h3-16,19-21,34H,17-18,24-25H2,1-2H3,(H,42,44)(H,43,46)/t34-/m1/s1. The van der Waals surface area contributed by atoms with Gasteiger partial charge in [0.1, 0.15) is 24.7 Å². The van der Waals surface area contributed by atoms with Gasteiger partial charge in [0.15, 0.2) is 0 Å². The van der Waals surface area contributed by atoms with Gasteiger partial charge in [0.05, 0.1) is 36.4 Å². The van der Waals surface area contributed by atoms with E-state index in [0.717, 1.165) is 16.7 Å². The molecule has 0 radical (unpaired) electrons. The molecular formula is C39H34N4O7. The average Bonchev–Trinajstić information content (AvgIpc) is 3.15.